The summed E-state index contributed by atoms with van der Waals surface area (Å²) >= 11 is 0. The Morgan fingerprint density at radius 2 is 2.06 bits per heavy atom. The van der Waals surface area contributed by atoms with Crippen LogP contribution in [0.2, 0.25) is 0 Å². The van der Waals surface area contributed by atoms with E-state index in [0.717, 1.165) is 6.42 Å². The molecule has 17 heavy (non-hydrogen) atoms. The Kier molecular flexibility index (Phi) is 4.51. The number of carbonyl (C=O) groups is 2. The monoisotopic (exact) mass is 243 g/mol. The molecule has 0 radical (unpaired) electrons. The molecule has 0 aliphatic carbocycles. The van der Waals surface area contributed by atoms with Gasteiger partial charge in [-0.25, -0.2) is 4.79 Å². The second kappa shape index (κ2) is 5.49. The molecule has 0 aromatic carbocycles. The number of rotatable bonds is 3. The fourth-order valence-electron chi connectivity index (χ4n) is 1.77. The molecule has 2 atom stereocenters. The fraction of sp³-hybridized carbons (Fsp3) is 0.833. The molecule has 1 saturated heterocycles. The third kappa shape index (κ3) is 3.70. The van der Waals surface area contributed by atoms with E-state index in [2.05, 4.69) is 5.32 Å². The average molecular weight is 243 g/mol. The number of hydrogen-bond donors (Lipinski definition) is 1. The third-order valence-electron chi connectivity index (χ3n) is 2.81. The van der Waals surface area contributed by atoms with E-state index in [0.29, 0.717) is 13.0 Å². The highest BCUT2D eigenvalue weighted by Gasteiger charge is 2.36. The third-order valence-corrected chi connectivity index (χ3v) is 2.81. The number of nitrogens with one attached hydrogen (secondary N) is 1. The predicted octanol–water partition coefficient (Wildman–Crippen LogP) is 0.869. The van der Waals surface area contributed by atoms with Crippen LogP contribution in [0.15, 0.2) is 0 Å². The summed E-state index contributed by atoms with van der Waals surface area (Å²) in [6, 6.07) is -0.649. The summed E-state index contributed by atoms with van der Waals surface area (Å²) in [5, 5.41) is 2.71. The SMILES string of the molecule is COC(=O)[C@@H](NC(=O)[C@@H]1CCCO1)C(C)(C)C. The first-order valence-corrected chi connectivity index (χ1v) is 5.86. The highest BCUT2D eigenvalue weighted by atomic mass is 16.5. The van der Waals surface area contributed by atoms with Gasteiger partial charge in [0.15, 0.2) is 0 Å². The summed E-state index contributed by atoms with van der Waals surface area (Å²) in [7, 11) is 1.32. The van der Waals surface area contributed by atoms with E-state index < -0.39 is 18.1 Å². The molecule has 5 nitrogen and oxygen atoms in total. The van der Waals surface area contributed by atoms with E-state index >= 15 is 0 Å². The minimum absolute atomic E-state index is 0.229. The van der Waals surface area contributed by atoms with Crippen molar-refractivity contribution in [3.8, 4) is 0 Å². The van der Waals surface area contributed by atoms with Gasteiger partial charge >= 0.3 is 5.97 Å². The minimum atomic E-state index is -0.649. The van der Waals surface area contributed by atoms with Crippen molar-refractivity contribution >= 4 is 11.9 Å². The molecule has 0 unspecified atom stereocenters. The van der Waals surface area contributed by atoms with Crippen LogP contribution in [0.5, 0.6) is 0 Å². The first kappa shape index (κ1) is 14.0. The van der Waals surface area contributed by atoms with Gasteiger partial charge in [0.2, 0.25) is 5.91 Å². The Balaban J connectivity index is 2.66. The molecular weight excluding hydrogens is 222 g/mol. The second-order valence-electron chi connectivity index (χ2n) is 5.33. The van der Waals surface area contributed by atoms with Crippen molar-refractivity contribution in [3.63, 3.8) is 0 Å². The Morgan fingerprint density at radius 3 is 2.47 bits per heavy atom. The number of amides is 1. The van der Waals surface area contributed by atoms with Gasteiger partial charge in [-0.05, 0) is 18.3 Å². The van der Waals surface area contributed by atoms with Gasteiger partial charge in [0.1, 0.15) is 12.1 Å². The standard InChI is InChI=1S/C12H21NO4/c1-12(2,3)9(11(15)16-4)13-10(14)8-6-5-7-17-8/h8-9H,5-7H2,1-4H3,(H,13,14)/t8-,9+/m0/s1. The Morgan fingerprint density at radius 1 is 1.41 bits per heavy atom. The molecule has 1 aliphatic heterocycles. The molecule has 98 valence electrons. The van der Waals surface area contributed by atoms with Crippen molar-refractivity contribution in [2.75, 3.05) is 13.7 Å². The molecule has 1 rings (SSSR count). The van der Waals surface area contributed by atoms with Gasteiger partial charge in [-0.15, -0.1) is 0 Å². The van der Waals surface area contributed by atoms with Gasteiger partial charge in [0, 0.05) is 6.61 Å². The Labute approximate surface area is 102 Å². The number of methoxy groups -OCH3 is 1. The number of carbonyl (C=O) groups excluding carboxylic acids is 2. The molecule has 1 aliphatic rings. The lowest BCUT2D eigenvalue weighted by Gasteiger charge is -2.29. The Bertz CT molecular complexity index is 289. The van der Waals surface area contributed by atoms with Crippen LogP contribution in [0.4, 0.5) is 0 Å². The van der Waals surface area contributed by atoms with Gasteiger partial charge in [0.05, 0.1) is 7.11 Å². The summed E-state index contributed by atoms with van der Waals surface area (Å²) in [6.45, 7) is 6.25. The molecule has 1 N–H and O–H groups in total. The molecule has 1 fully saturated rings. The maximum absolute atomic E-state index is 11.9. The van der Waals surface area contributed by atoms with Crippen molar-refractivity contribution in [2.45, 2.75) is 45.8 Å². The maximum atomic E-state index is 11.9. The lowest BCUT2D eigenvalue weighted by atomic mass is 9.86. The van der Waals surface area contributed by atoms with E-state index in [9.17, 15) is 9.59 Å². The molecule has 0 saturated carbocycles. The van der Waals surface area contributed by atoms with Crippen molar-refractivity contribution in [1.82, 2.24) is 5.32 Å². The topological polar surface area (TPSA) is 64.6 Å². The van der Waals surface area contributed by atoms with E-state index in [4.69, 9.17) is 9.47 Å². The summed E-state index contributed by atoms with van der Waals surface area (Å²) in [6.07, 6.45) is 1.17. The summed E-state index contributed by atoms with van der Waals surface area (Å²) in [5.74, 6) is -0.656. The smallest absolute Gasteiger partial charge is 0.328 e. The molecule has 0 aromatic rings. The van der Waals surface area contributed by atoms with E-state index in [1.165, 1.54) is 7.11 Å². The normalized spacial score (nSPS) is 22.0. The van der Waals surface area contributed by atoms with Crippen LogP contribution in [0, 0.1) is 5.41 Å². The number of hydrogen-bond acceptors (Lipinski definition) is 4. The van der Waals surface area contributed by atoms with Gasteiger partial charge < -0.3 is 14.8 Å². The predicted molar refractivity (Wildman–Crippen MR) is 62.4 cm³/mol. The zero-order chi connectivity index (χ0) is 13.1. The average Bonchev–Trinajstić information content (AvgIpc) is 2.76. The van der Waals surface area contributed by atoms with Crippen molar-refractivity contribution in [1.29, 1.82) is 0 Å². The first-order chi connectivity index (χ1) is 7.86. The van der Waals surface area contributed by atoms with Crippen molar-refractivity contribution < 1.29 is 19.1 Å². The zero-order valence-corrected chi connectivity index (χ0v) is 10.9. The fourth-order valence-corrected chi connectivity index (χ4v) is 1.77. The first-order valence-electron chi connectivity index (χ1n) is 5.86. The highest BCUT2D eigenvalue weighted by molar-refractivity contribution is 5.87. The Hall–Kier alpha value is -1.10. The van der Waals surface area contributed by atoms with Crippen LogP contribution in [-0.4, -0.2) is 37.7 Å². The number of ether oxygens (including phenoxy) is 2. The van der Waals surface area contributed by atoms with Gasteiger partial charge in [0.25, 0.3) is 0 Å². The molecule has 0 bridgehead atoms. The lowest BCUT2D eigenvalue weighted by Crippen LogP contribution is -2.52. The molecule has 1 amide bonds. The molecule has 5 heteroatoms. The summed E-state index contributed by atoms with van der Waals surface area (Å²) < 4.78 is 9.99. The molecular formula is C12H21NO4. The molecule has 1 heterocycles. The largest absolute Gasteiger partial charge is 0.467 e. The van der Waals surface area contributed by atoms with Crippen LogP contribution in [0.3, 0.4) is 0 Å². The lowest BCUT2D eigenvalue weighted by molar-refractivity contribution is -0.149. The van der Waals surface area contributed by atoms with Crippen molar-refractivity contribution in [3.05, 3.63) is 0 Å². The number of esters is 1. The van der Waals surface area contributed by atoms with E-state index in [1.807, 2.05) is 20.8 Å². The van der Waals surface area contributed by atoms with E-state index in [-0.39, 0.29) is 11.3 Å². The minimum Gasteiger partial charge on any atom is -0.467 e. The second-order valence-corrected chi connectivity index (χ2v) is 5.33. The van der Waals surface area contributed by atoms with Crippen LogP contribution in [0.1, 0.15) is 33.6 Å². The quantitative estimate of drug-likeness (QED) is 0.747. The van der Waals surface area contributed by atoms with Gasteiger partial charge in [-0.1, -0.05) is 20.8 Å². The van der Waals surface area contributed by atoms with E-state index in [1.54, 1.807) is 0 Å². The molecule has 0 aromatic heterocycles. The molecule has 0 spiro atoms. The summed E-state index contributed by atoms with van der Waals surface area (Å²) in [4.78, 5) is 23.5. The summed E-state index contributed by atoms with van der Waals surface area (Å²) in [5.41, 5.74) is -0.388. The van der Waals surface area contributed by atoms with Gasteiger partial charge in [-0.2, -0.15) is 0 Å². The van der Waals surface area contributed by atoms with Crippen LogP contribution >= 0.6 is 0 Å². The maximum Gasteiger partial charge on any atom is 0.328 e. The van der Waals surface area contributed by atoms with Gasteiger partial charge in [-0.3, -0.25) is 4.79 Å². The highest BCUT2D eigenvalue weighted by Crippen LogP contribution is 2.21. The van der Waals surface area contributed by atoms with Crippen LogP contribution in [0.25, 0.3) is 0 Å². The zero-order valence-electron chi connectivity index (χ0n) is 10.9. The van der Waals surface area contributed by atoms with Crippen molar-refractivity contribution in [2.24, 2.45) is 5.41 Å². The van der Waals surface area contributed by atoms with Crippen LogP contribution in [-0.2, 0) is 19.1 Å². The van der Waals surface area contributed by atoms with Crippen LogP contribution < -0.4 is 5.32 Å².